The van der Waals surface area contributed by atoms with Crippen LogP contribution in [0.3, 0.4) is 0 Å². The molecule has 1 heterocycles. The van der Waals surface area contributed by atoms with Crippen LogP contribution in [0.2, 0.25) is 0 Å². The Bertz CT molecular complexity index is 842. The molecule has 2 aromatic carbocycles. The minimum Gasteiger partial charge on any atom is -0.506 e. The van der Waals surface area contributed by atoms with Gasteiger partial charge in [0, 0.05) is 0 Å². The molecule has 1 amide bonds. The van der Waals surface area contributed by atoms with Crippen LogP contribution in [0.5, 0.6) is 5.75 Å². The standard InChI is InChI=1S/C19H24N2O3S/c1-19(2,3)8-4-5-13-6-7-14-11-17(22)16(10-15(14)9-13)21-12-18(23)20-25(21)24/h6-7,9-11,22H,4-5,8,12H2,1-3H3,(H,20,23). The third kappa shape index (κ3) is 4.12. The van der Waals surface area contributed by atoms with Crippen LogP contribution in [-0.2, 0) is 22.4 Å². The second kappa shape index (κ2) is 6.67. The molecule has 0 radical (unpaired) electrons. The fourth-order valence-electron chi connectivity index (χ4n) is 3.05. The lowest BCUT2D eigenvalue weighted by atomic mass is 9.89. The van der Waals surface area contributed by atoms with Crippen LogP contribution in [-0.4, -0.2) is 21.8 Å². The van der Waals surface area contributed by atoms with E-state index < -0.39 is 11.2 Å². The van der Waals surface area contributed by atoms with Gasteiger partial charge >= 0.3 is 0 Å². The maximum Gasteiger partial charge on any atom is 0.253 e. The molecule has 5 nitrogen and oxygen atoms in total. The Morgan fingerprint density at radius 3 is 2.60 bits per heavy atom. The molecule has 25 heavy (non-hydrogen) atoms. The van der Waals surface area contributed by atoms with Crippen molar-refractivity contribution in [2.45, 2.75) is 40.0 Å². The molecule has 0 saturated carbocycles. The zero-order valence-electron chi connectivity index (χ0n) is 14.8. The largest absolute Gasteiger partial charge is 0.506 e. The Labute approximate surface area is 150 Å². The summed E-state index contributed by atoms with van der Waals surface area (Å²) in [5, 5.41) is 12.1. The molecule has 1 aliphatic rings. The number of amides is 1. The molecule has 2 N–H and O–H groups in total. The molecule has 1 fully saturated rings. The van der Waals surface area contributed by atoms with Crippen molar-refractivity contribution >= 4 is 33.5 Å². The summed E-state index contributed by atoms with van der Waals surface area (Å²) in [6, 6.07) is 9.65. The zero-order valence-corrected chi connectivity index (χ0v) is 15.7. The van der Waals surface area contributed by atoms with Crippen LogP contribution in [0.25, 0.3) is 10.8 Å². The van der Waals surface area contributed by atoms with Crippen molar-refractivity contribution in [3.05, 3.63) is 35.9 Å². The first-order chi connectivity index (χ1) is 11.7. The molecular weight excluding hydrogens is 336 g/mol. The second-order valence-corrected chi connectivity index (χ2v) is 8.89. The number of aryl methyl sites for hydroxylation is 1. The van der Waals surface area contributed by atoms with Crippen LogP contribution in [0, 0.1) is 5.41 Å². The van der Waals surface area contributed by atoms with Gasteiger partial charge in [0.25, 0.3) is 5.91 Å². The summed E-state index contributed by atoms with van der Waals surface area (Å²) >= 11 is -1.64. The van der Waals surface area contributed by atoms with E-state index in [1.165, 1.54) is 9.87 Å². The minimum absolute atomic E-state index is 0.0169. The first-order valence-electron chi connectivity index (χ1n) is 8.47. The second-order valence-electron chi connectivity index (χ2n) is 7.75. The normalized spacial score (nSPS) is 18.0. The summed E-state index contributed by atoms with van der Waals surface area (Å²) in [4.78, 5) is 11.4. The molecule has 0 bridgehead atoms. The number of carbonyl (C=O) groups is 1. The van der Waals surface area contributed by atoms with Crippen molar-refractivity contribution in [2.75, 3.05) is 10.8 Å². The van der Waals surface area contributed by atoms with E-state index in [1.807, 2.05) is 6.07 Å². The first-order valence-corrected chi connectivity index (χ1v) is 9.58. The van der Waals surface area contributed by atoms with Crippen LogP contribution in [0.4, 0.5) is 5.69 Å². The SMILES string of the molecule is CC(C)(C)CCCc1ccc2cc(O)c(N3CC(=O)NS3=O)cc2c1. The number of phenols is 1. The summed E-state index contributed by atoms with van der Waals surface area (Å²) in [5.74, 6) is -0.286. The number of rotatable bonds is 4. The highest BCUT2D eigenvalue weighted by molar-refractivity contribution is 7.85. The lowest BCUT2D eigenvalue weighted by Crippen LogP contribution is -2.22. The lowest BCUT2D eigenvalue weighted by molar-refractivity contribution is -0.117. The third-order valence-electron chi connectivity index (χ3n) is 4.35. The number of benzene rings is 2. The lowest BCUT2D eigenvalue weighted by Gasteiger charge is -2.18. The van der Waals surface area contributed by atoms with Crippen LogP contribution in [0.1, 0.15) is 39.2 Å². The number of hydrogen-bond acceptors (Lipinski definition) is 3. The number of carbonyl (C=O) groups excluding carboxylic acids is 1. The van der Waals surface area contributed by atoms with E-state index in [4.69, 9.17) is 0 Å². The van der Waals surface area contributed by atoms with Gasteiger partial charge in [0.2, 0.25) is 11.2 Å². The summed E-state index contributed by atoms with van der Waals surface area (Å²) in [6.45, 7) is 6.72. The van der Waals surface area contributed by atoms with E-state index in [0.717, 1.165) is 30.0 Å². The summed E-state index contributed by atoms with van der Waals surface area (Å²) in [5.41, 5.74) is 1.98. The highest BCUT2D eigenvalue weighted by atomic mass is 32.2. The Hall–Kier alpha value is -2.08. The molecule has 0 spiro atoms. The average Bonchev–Trinajstić information content (AvgIpc) is 2.84. The highest BCUT2D eigenvalue weighted by Gasteiger charge is 2.29. The van der Waals surface area contributed by atoms with Crippen molar-refractivity contribution in [3.63, 3.8) is 0 Å². The molecule has 0 aromatic heterocycles. The van der Waals surface area contributed by atoms with Gasteiger partial charge in [-0.05, 0) is 53.1 Å². The van der Waals surface area contributed by atoms with E-state index in [2.05, 4.69) is 37.6 Å². The predicted octanol–water partition coefficient (Wildman–Crippen LogP) is 3.43. The van der Waals surface area contributed by atoms with Crippen LogP contribution >= 0.6 is 0 Å². The predicted molar refractivity (Wildman–Crippen MR) is 102 cm³/mol. The fourth-order valence-corrected chi connectivity index (χ4v) is 3.98. The Morgan fingerprint density at radius 2 is 1.96 bits per heavy atom. The number of hydrogen-bond donors (Lipinski definition) is 2. The molecule has 6 heteroatoms. The molecule has 1 saturated heterocycles. The Kier molecular flexibility index (Phi) is 4.73. The smallest absolute Gasteiger partial charge is 0.253 e. The third-order valence-corrected chi connectivity index (χ3v) is 5.48. The van der Waals surface area contributed by atoms with Gasteiger partial charge in [-0.25, -0.2) is 4.21 Å². The van der Waals surface area contributed by atoms with E-state index in [9.17, 15) is 14.1 Å². The van der Waals surface area contributed by atoms with Crippen molar-refractivity contribution in [3.8, 4) is 5.75 Å². The van der Waals surface area contributed by atoms with E-state index in [0.29, 0.717) is 11.1 Å². The number of fused-ring (bicyclic) bond motifs is 1. The fraction of sp³-hybridized carbons (Fsp3) is 0.421. The minimum atomic E-state index is -1.64. The van der Waals surface area contributed by atoms with Crippen LogP contribution < -0.4 is 9.03 Å². The summed E-state index contributed by atoms with van der Waals surface area (Å²) in [7, 11) is 0. The highest BCUT2D eigenvalue weighted by Crippen LogP contribution is 2.34. The quantitative estimate of drug-likeness (QED) is 0.878. The molecule has 3 rings (SSSR count). The molecule has 2 aromatic rings. The topological polar surface area (TPSA) is 69.6 Å². The molecule has 1 unspecified atom stereocenters. The summed E-state index contributed by atoms with van der Waals surface area (Å²) < 4.78 is 15.7. The van der Waals surface area contributed by atoms with Gasteiger partial charge in [-0.1, -0.05) is 39.0 Å². The molecule has 134 valence electrons. The van der Waals surface area contributed by atoms with E-state index in [-0.39, 0.29) is 18.2 Å². The molecule has 0 aliphatic carbocycles. The van der Waals surface area contributed by atoms with Crippen molar-refractivity contribution in [1.82, 2.24) is 4.72 Å². The van der Waals surface area contributed by atoms with Gasteiger partial charge in [-0.3, -0.25) is 13.8 Å². The van der Waals surface area contributed by atoms with Crippen molar-refractivity contribution < 1.29 is 14.1 Å². The van der Waals surface area contributed by atoms with Crippen molar-refractivity contribution in [2.24, 2.45) is 5.41 Å². The molecule has 1 aliphatic heterocycles. The maximum absolute atomic E-state index is 12.0. The van der Waals surface area contributed by atoms with E-state index in [1.54, 1.807) is 12.1 Å². The first kappa shape index (κ1) is 17.7. The van der Waals surface area contributed by atoms with Gasteiger partial charge in [0.15, 0.2) is 0 Å². The zero-order chi connectivity index (χ0) is 18.2. The van der Waals surface area contributed by atoms with Crippen molar-refractivity contribution in [1.29, 1.82) is 0 Å². The number of nitrogens with zero attached hydrogens (tertiary/aromatic N) is 1. The van der Waals surface area contributed by atoms with Gasteiger partial charge in [0.1, 0.15) is 12.3 Å². The Balaban J connectivity index is 1.87. The van der Waals surface area contributed by atoms with Gasteiger partial charge < -0.3 is 5.11 Å². The number of phenolic OH excluding ortho intramolecular Hbond substituents is 1. The number of anilines is 1. The van der Waals surface area contributed by atoms with Gasteiger partial charge in [0.05, 0.1) is 5.69 Å². The number of aromatic hydroxyl groups is 1. The monoisotopic (exact) mass is 360 g/mol. The van der Waals surface area contributed by atoms with Crippen LogP contribution in [0.15, 0.2) is 30.3 Å². The average molecular weight is 360 g/mol. The van der Waals surface area contributed by atoms with Gasteiger partial charge in [-0.2, -0.15) is 0 Å². The number of nitrogens with one attached hydrogen (secondary N) is 1. The molecule has 1 atom stereocenters. The summed E-state index contributed by atoms with van der Waals surface area (Å²) in [6.07, 6.45) is 3.28. The van der Waals surface area contributed by atoms with E-state index >= 15 is 0 Å². The van der Waals surface area contributed by atoms with Gasteiger partial charge in [-0.15, -0.1) is 0 Å². The maximum atomic E-state index is 12.0. The Morgan fingerprint density at radius 1 is 1.20 bits per heavy atom. The molecular formula is C19H24N2O3S.